The van der Waals surface area contributed by atoms with Crippen molar-refractivity contribution in [3.63, 3.8) is 0 Å². The zero-order valence-electron chi connectivity index (χ0n) is 13.4. The van der Waals surface area contributed by atoms with Crippen LogP contribution in [0.4, 0.5) is 10.5 Å². The molecule has 2 aromatic heterocycles. The minimum absolute atomic E-state index is 0.183. The van der Waals surface area contributed by atoms with Crippen LogP contribution < -0.4 is 10.6 Å². The van der Waals surface area contributed by atoms with Crippen molar-refractivity contribution in [1.82, 2.24) is 9.88 Å². The van der Waals surface area contributed by atoms with Gasteiger partial charge < -0.3 is 15.2 Å². The Labute approximate surface area is 140 Å². The maximum atomic E-state index is 12.0. The van der Waals surface area contributed by atoms with E-state index < -0.39 is 0 Å². The van der Waals surface area contributed by atoms with Crippen LogP contribution in [0.1, 0.15) is 19.4 Å². The van der Waals surface area contributed by atoms with Gasteiger partial charge in [-0.1, -0.05) is 13.8 Å². The maximum absolute atomic E-state index is 12.0. The Morgan fingerprint density at radius 3 is 2.87 bits per heavy atom. The average molecular weight is 327 g/mol. The van der Waals surface area contributed by atoms with E-state index in [0.29, 0.717) is 12.5 Å². The molecular weight excluding hydrogens is 306 g/mol. The molecule has 0 aliphatic carbocycles. The smallest absolute Gasteiger partial charge is 0.319 e. The Morgan fingerprint density at radius 1 is 1.26 bits per heavy atom. The van der Waals surface area contributed by atoms with Crippen molar-refractivity contribution in [2.24, 2.45) is 5.92 Å². The van der Waals surface area contributed by atoms with Gasteiger partial charge in [0.1, 0.15) is 0 Å². The zero-order chi connectivity index (χ0) is 16.2. The molecule has 3 rings (SSSR count). The Balaban J connectivity index is 1.65. The van der Waals surface area contributed by atoms with Crippen molar-refractivity contribution in [3.05, 3.63) is 52.9 Å². The van der Waals surface area contributed by atoms with Gasteiger partial charge in [-0.25, -0.2) is 4.79 Å². The molecule has 0 unspecified atom stereocenters. The monoisotopic (exact) mass is 327 g/mol. The molecule has 3 aromatic rings. The molecule has 0 spiro atoms. The van der Waals surface area contributed by atoms with E-state index in [1.54, 1.807) is 11.3 Å². The summed E-state index contributed by atoms with van der Waals surface area (Å²) in [6.07, 6.45) is 2.10. The standard InChI is InChI=1S/C18H21N3OS/c1-13(2)11-21-7-5-15-9-16(3-4-17(15)21)20-18(22)19-10-14-6-8-23-12-14/h3-9,12-13H,10-11H2,1-2H3,(H2,19,20,22). The highest BCUT2D eigenvalue weighted by Crippen LogP contribution is 2.21. The Bertz CT molecular complexity index is 790. The maximum Gasteiger partial charge on any atom is 0.319 e. The molecule has 2 amide bonds. The van der Waals surface area contributed by atoms with Gasteiger partial charge in [0.15, 0.2) is 0 Å². The van der Waals surface area contributed by atoms with Gasteiger partial charge in [0.2, 0.25) is 0 Å². The number of rotatable bonds is 5. The van der Waals surface area contributed by atoms with Crippen LogP contribution in [0.3, 0.4) is 0 Å². The van der Waals surface area contributed by atoms with Gasteiger partial charge in [-0.3, -0.25) is 0 Å². The first-order valence-corrected chi connectivity index (χ1v) is 8.71. The third-order valence-corrected chi connectivity index (χ3v) is 4.36. The lowest BCUT2D eigenvalue weighted by Crippen LogP contribution is -2.27. The molecule has 0 aliphatic rings. The van der Waals surface area contributed by atoms with E-state index >= 15 is 0 Å². The van der Waals surface area contributed by atoms with Crippen LogP contribution in [0.25, 0.3) is 10.9 Å². The lowest BCUT2D eigenvalue weighted by molar-refractivity contribution is 0.252. The number of fused-ring (bicyclic) bond motifs is 1. The number of anilines is 1. The summed E-state index contributed by atoms with van der Waals surface area (Å²) in [4.78, 5) is 12.0. The zero-order valence-corrected chi connectivity index (χ0v) is 14.2. The molecule has 5 heteroatoms. The van der Waals surface area contributed by atoms with Crippen LogP contribution in [0.15, 0.2) is 47.3 Å². The van der Waals surface area contributed by atoms with Crippen molar-refractivity contribution in [1.29, 1.82) is 0 Å². The van der Waals surface area contributed by atoms with Gasteiger partial charge in [-0.15, -0.1) is 0 Å². The number of carbonyl (C=O) groups excluding carboxylic acids is 1. The topological polar surface area (TPSA) is 46.1 Å². The molecule has 2 heterocycles. The van der Waals surface area contributed by atoms with Crippen LogP contribution in [-0.4, -0.2) is 10.6 Å². The SMILES string of the molecule is CC(C)Cn1ccc2cc(NC(=O)NCc3ccsc3)ccc21. The van der Waals surface area contributed by atoms with Crippen LogP contribution in [0.2, 0.25) is 0 Å². The highest BCUT2D eigenvalue weighted by atomic mass is 32.1. The van der Waals surface area contributed by atoms with Crippen LogP contribution >= 0.6 is 11.3 Å². The second-order valence-corrected chi connectivity index (χ2v) is 6.85. The summed E-state index contributed by atoms with van der Waals surface area (Å²) in [5, 5.41) is 10.9. The number of thiophene rings is 1. The van der Waals surface area contributed by atoms with Gasteiger partial charge >= 0.3 is 6.03 Å². The van der Waals surface area contributed by atoms with Gasteiger partial charge in [0.25, 0.3) is 0 Å². The van der Waals surface area contributed by atoms with Gasteiger partial charge in [-0.05, 0) is 52.6 Å². The molecule has 0 saturated heterocycles. The second kappa shape index (κ2) is 6.87. The largest absolute Gasteiger partial charge is 0.347 e. The molecule has 0 aliphatic heterocycles. The predicted octanol–water partition coefficient (Wildman–Crippen LogP) is 4.68. The van der Waals surface area contributed by atoms with Crippen molar-refractivity contribution in [2.45, 2.75) is 26.9 Å². The first kappa shape index (κ1) is 15.6. The lowest BCUT2D eigenvalue weighted by atomic mass is 10.2. The molecule has 120 valence electrons. The van der Waals surface area contributed by atoms with Crippen LogP contribution in [0.5, 0.6) is 0 Å². The number of urea groups is 1. The van der Waals surface area contributed by atoms with Crippen LogP contribution in [-0.2, 0) is 13.1 Å². The van der Waals surface area contributed by atoms with Gasteiger partial charge in [0, 0.05) is 35.9 Å². The molecule has 4 nitrogen and oxygen atoms in total. The summed E-state index contributed by atoms with van der Waals surface area (Å²) in [5.41, 5.74) is 3.12. The van der Waals surface area contributed by atoms with E-state index in [-0.39, 0.29) is 6.03 Å². The van der Waals surface area contributed by atoms with E-state index in [2.05, 4.69) is 47.4 Å². The highest BCUT2D eigenvalue weighted by Gasteiger charge is 2.06. The fourth-order valence-corrected chi connectivity index (χ4v) is 3.25. The molecule has 0 bridgehead atoms. The number of benzene rings is 1. The quantitative estimate of drug-likeness (QED) is 0.702. The first-order chi connectivity index (χ1) is 11.1. The summed E-state index contributed by atoms with van der Waals surface area (Å²) >= 11 is 1.63. The number of amides is 2. The number of carbonyl (C=O) groups is 1. The minimum Gasteiger partial charge on any atom is -0.347 e. The van der Waals surface area contributed by atoms with E-state index in [1.807, 2.05) is 29.0 Å². The van der Waals surface area contributed by atoms with Crippen molar-refractivity contribution in [2.75, 3.05) is 5.32 Å². The molecule has 0 saturated carbocycles. The van der Waals surface area contributed by atoms with Crippen molar-refractivity contribution in [3.8, 4) is 0 Å². The Morgan fingerprint density at radius 2 is 2.13 bits per heavy atom. The summed E-state index contributed by atoms with van der Waals surface area (Å²) in [6, 6.07) is 9.93. The van der Waals surface area contributed by atoms with E-state index in [1.165, 1.54) is 5.52 Å². The number of hydrogen-bond donors (Lipinski definition) is 2. The Hall–Kier alpha value is -2.27. The number of nitrogens with one attached hydrogen (secondary N) is 2. The number of hydrogen-bond acceptors (Lipinski definition) is 2. The molecule has 0 radical (unpaired) electrons. The minimum atomic E-state index is -0.183. The van der Waals surface area contributed by atoms with Gasteiger partial charge in [-0.2, -0.15) is 11.3 Å². The molecule has 0 atom stereocenters. The number of aromatic nitrogens is 1. The fourth-order valence-electron chi connectivity index (χ4n) is 2.58. The third-order valence-electron chi connectivity index (χ3n) is 3.62. The molecule has 2 N–H and O–H groups in total. The molecular formula is C18H21N3OS. The highest BCUT2D eigenvalue weighted by molar-refractivity contribution is 7.07. The normalized spacial score (nSPS) is 11.1. The summed E-state index contributed by atoms with van der Waals surface area (Å²) in [6.45, 7) is 5.96. The summed E-state index contributed by atoms with van der Waals surface area (Å²) < 4.78 is 2.25. The lowest BCUT2D eigenvalue weighted by Gasteiger charge is -2.10. The first-order valence-electron chi connectivity index (χ1n) is 7.76. The number of nitrogens with zero attached hydrogens (tertiary/aromatic N) is 1. The second-order valence-electron chi connectivity index (χ2n) is 6.07. The van der Waals surface area contributed by atoms with E-state index in [4.69, 9.17) is 0 Å². The summed E-state index contributed by atoms with van der Waals surface area (Å²) in [7, 11) is 0. The molecule has 0 fully saturated rings. The van der Waals surface area contributed by atoms with Gasteiger partial charge in [0.05, 0.1) is 0 Å². The average Bonchev–Trinajstić information content (AvgIpc) is 3.15. The molecule has 1 aromatic carbocycles. The van der Waals surface area contributed by atoms with Crippen molar-refractivity contribution >= 4 is 34.0 Å². The predicted molar refractivity (Wildman–Crippen MR) is 97.0 cm³/mol. The Kier molecular flexibility index (Phi) is 4.67. The fraction of sp³-hybridized carbons (Fsp3) is 0.278. The van der Waals surface area contributed by atoms with E-state index in [9.17, 15) is 4.79 Å². The third kappa shape index (κ3) is 3.93. The van der Waals surface area contributed by atoms with E-state index in [0.717, 1.165) is 23.2 Å². The van der Waals surface area contributed by atoms with Crippen molar-refractivity contribution < 1.29 is 4.79 Å². The van der Waals surface area contributed by atoms with Crippen LogP contribution in [0, 0.1) is 5.92 Å². The summed E-state index contributed by atoms with van der Waals surface area (Å²) in [5.74, 6) is 0.603. The molecule has 23 heavy (non-hydrogen) atoms.